The van der Waals surface area contributed by atoms with Gasteiger partial charge in [0.2, 0.25) is 5.91 Å². The van der Waals surface area contributed by atoms with Crippen molar-refractivity contribution < 1.29 is 9.59 Å². The summed E-state index contributed by atoms with van der Waals surface area (Å²) in [4.78, 5) is 45.5. The van der Waals surface area contributed by atoms with Crippen LogP contribution in [-0.4, -0.2) is 112 Å². The number of amides is 3. The molecule has 4 aliphatic rings. The molecule has 0 unspecified atom stereocenters. The fraction of sp³-hybridized carbons (Fsp3) is 0.625. The normalized spacial score (nSPS) is 27.8. The number of imide groups is 1. The first-order valence-electron chi connectivity index (χ1n) is 16.1. The van der Waals surface area contributed by atoms with E-state index in [0.717, 1.165) is 83.6 Å². The zero-order valence-electron chi connectivity index (χ0n) is 25.9. The number of hydrogen-bond acceptors (Lipinski definition) is 8. The van der Waals surface area contributed by atoms with E-state index in [9.17, 15) is 14.4 Å². The van der Waals surface area contributed by atoms with Crippen LogP contribution < -0.4 is 16.2 Å². The molecule has 1 aliphatic carbocycles. The number of carbonyl (C=O) groups is 2. The molecule has 2 N–H and O–H groups in total. The number of likely N-dealkylation sites (tertiary alicyclic amines) is 1. The summed E-state index contributed by atoms with van der Waals surface area (Å²) in [6.45, 7) is 7.80. The van der Waals surface area contributed by atoms with Gasteiger partial charge in [0.25, 0.3) is 5.56 Å². The van der Waals surface area contributed by atoms with Crippen LogP contribution in [-0.2, 0) is 18.4 Å². The van der Waals surface area contributed by atoms with Gasteiger partial charge in [-0.15, -0.1) is 0 Å². The SMILES string of the molecule is CN1C[C@H](Nc2cnn(C)c(=O)c2Br)C[C@H](c2ccc(CN3CCN(C4CCC(N5CCC(=O)NC5=O)CC4)CC3)cc2)C1. The fourth-order valence-electron chi connectivity index (χ4n) is 7.60. The first-order valence-corrected chi connectivity index (χ1v) is 16.9. The molecule has 3 aliphatic heterocycles. The second kappa shape index (κ2) is 13.7. The number of aryl methyl sites for hydroxylation is 1. The number of urea groups is 1. The van der Waals surface area contributed by atoms with Crippen LogP contribution in [0, 0.1) is 0 Å². The van der Waals surface area contributed by atoms with Gasteiger partial charge in [-0.25, -0.2) is 9.48 Å². The molecule has 4 fully saturated rings. The predicted octanol–water partition coefficient (Wildman–Crippen LogP) is 2.81. The summed E-state index contributed by atoms with van der Waals surface area (Å²) in [5.74, 6) is 0.266. The smallest absolute Gasteiger partial charge is 0.324 e. The van der Waals surface area contributed by atoms with Gasteiger partial charge in [-0.2, -0.15) is 5.10 Å². The number of nitrogens with zero attached hydrogens (tertiary/aromatic N) is 6. The Bertz CT molecular complexity index is 1380. The molecule has 2 atom stereocenters. The number of piperidine rings is 1. The molecule has 12 heteroatoms. The monoisotopic (exact) mass is 668 g/mol. The van der Waals surface area contributed by atoms with Crippen LogP contribution in [0.4, 0.5) is 10.5 Å². The van der Waals surface area contributed by atoms with Crippen LogP contribution in [0.2, 0.25) is 0 Å². The lowest BCUT2D eigenvalue weighted by atomic mass is 9.87. The van der Waals surface area contributed by atoms with Crippen molar-refractivity contribution in [3.63, 3.8) is 0 Å². The van der Waals surface area contributed by atoms with Crippen molar-refractivity contribution in [1.82, 2.24) is 34.7 Å². The summed E-state index contributed by atoms with van der Waals surface area (Å²) < 4.78 is 1.86. The van der Waals surface area contributed by atoms with E-state index < -0.39 is 0 Å². The van der Waals surface area contributed by atoms with E-state index >= 15 is 0 Å². The minimum atomic E-state index is -0.206. The van der Waals surface area contributed by atoms with E-state index in [-0.39, 0.29) is 29.6 Å². The van der Waals surface area contributed by atoms with Crippen LogP contribution in [0.3, 0.4) is 0 Å². The van der Waals surface area contributed by atoms with E-state index in [1.807, 2.05) is 4.90 Å². The van der Waals surface area contributed by atoms with E-state index in [2.05, 4.69) is 77.7 Å². The fourth-order valence-corrected chi connectivity index (χ4v) is 8.07. The van der Waals surface area contributed by atoms with Gasteiger partial charge in [0.1, 0.15) is 4.47 Å². The van der Waals surface area contributed by atoms with Gasteiger partial charge in [0, 0.05) is 84.0 Å². The molecule has 1 saturated carbocycles. The number of carbonyl (C=O) groups excluding carboxylic acids is 2. The third-order valence-corrected chi connectivity index (χ3v) is 10.8. The van der Waals surface area contributed by atoms with Crippen molar-refractivity contribution >= 4 is 33.6 Å². The number of hydrogen-bond donors (Lipinski definition) is 2. The van der Waals surface area contributed by atoms with Gasteiger partial charge < -0.3 is 15.1 Å². The zero-order valence-corrected chi connectivity index (χ0v) is 27.5. The number of likely N-dealkylation sites (N-methyl/N-ethyl adjacent to an activating group) is 1. The molecule has 6 rings (SSSR count). The summed E-state index contributed by atoms with van der Waals surface area (Å²) in [5, 5.41) is 10.2. The van der Waals surface area contributed by atoms with Gasteiger partial charge in [0.05, 0.1) is 11.9 Å². The van der Waals surface area contributed by atoms with Gasteiger partial charge in [0.15, 0.2) is 0 Å². The second-order valence-corrected chi connectivity index (χ2v) is 13.9. The largest absolute Gasteiger partial charge is 0.379 e. The van der Waals surface area contributed by atoms with Gasteiger partial charge in [-0.05, 0) is 72.1 Å². The Labute approximate surface area is 268 Å². The Balaban J connectivity index is 0.960. The second-order valence-electron chi connectivity index (χ2n) is 13.1. The molecule has 3 saturated heterocycles. The highest BCUT2D eigenvalue weighted by atomic mass is 79.9. The zero-order chi connectivity index (χ0) is 30.8. The molecule has 1 aromatic carbocycles. The maximum absolute atomic E-state index is 12.3. The predicted molar refractivity (Wildman–Crippen MR) is 174 cm³/mol. The van der Waals surface area contributed by atoms with E-state index in [0.29, 0.717) is 29.4 Å². The average Bonchev–Trinajstić information content (AvgIpc) is 3.02. The van der Waals surface area contributed by atoms with E-state index in [1.54, 1.807) is 13.2 Å². The summed E-state index contributed by atoms with van der Waals surface area (Å²) in [7, 11) is 3.82. The Hall–Kier alpha value is -2.80. The van der Waals surface area contributed by atoms with Crippen LogP contribution in [0.15, 0.2) is 39.7 Å². The molecule has 44 heavy (non-hydrogen) atoms. The number of rotatable bonds is 7. The lowest BCUT2D eigenvalue weighted by molar-refractivity contribution is -0.121. The maximum Gasteiger partial charge on any atom is 0.324 e. The number of piperazine rings is 1. The molecule has 2 aromatic rings. The third kappa shape index (κ3) is 7.19. The quantitative estimate of drug-likeness (QED) is 0.464. The molecule has 11 nitrogen and oxygen atoms in total. The van der Waals surface area contributed by atoms with Crippen molar-refractivity contribution in [3.05, 3.63) is 56.4 Å². The summed E-state index contributed by atoms with van der Waals surface area (Å²) in [5.41, 5.74) is 3.33. The highest BCUT2D eigenvalue weighted by molar-refractivity contribution is 9.10. The van der Waals surface area contributed by atoms with Crippen LogP contribution in [0.1, 0.15) is 55.6 Å². The first kappa shape index (κ1) is 31.2. The van der Waals surface area contributed by atoms with E-state index in [1.165, 1.54) is 15.8 Å². The number of halogens is 1. The van der Waals surface area contributed by atoms with Crippen molar-refractivity contribution in [2.75, 3.05) is 58.2 Å². The Morgan fingerprint density at radius 2 is 1.64 bits per heavy atom. The Kier molecular flexibility index (Phi) is 9.70. The highest BCUT2D eigenvalue weighted by Gasteiger charge is 2.34. The van der Waals surface area contributed by atoms with Crippen molar-refractivity contribution in [1.29, 1.82) is 0 Å². The molecule has 1 aromatic heterocycles. The van der Waals surface area contributed by atoms with Crippen LogP contribution in [0.5, 0.6) is 0 Å². The minimum absolute atomic E-state index is 0.139. The lowest BCUT2D eigenvalue weighted by Gasteiger charge is -2.44. The topological polar surface area (TPSA) is 106 Å². The maximum atomic E-state index is 12.3. The molecule has 0 bridgehead atoms. The Morgan fingerprint density at radius 1 is 0.932 bits per heavy atom. The highest BCUT2D eigenvalue weighted by Crippen LogP contribution is 2.31. The van der Waals surface area contributed by atoms with Crippen LogP contribution >= 0.6 is 15.9 Å². The molecule has 4 heterocycles. The van der Waals surface area contributed by atoms with E-state index in [4.69, 9.17) is 0 Å². The number of nitrogens with one attached hydrogen (secondary N) is 2. The Morgan fingerprint density at radius 3 is 2.34 bits per heavy atom. The average molecular weight is 670 g/mol. The number of benzene rings is 1. The molecule has 0 spiro atoms. The first-order chi connectivity index (χ1) is 21.2. The molecule has 3 amide bonds. The standard InChI is InChI=1S/C32H45BrN8O3/c1-37-20-24(17-25(21-37)35-28-18-34-38(2)31(43)30(28)33)23-5-3-22(4-6-23)19-39-13-15-40(16-14-39)26-7-9-27(10-8-26)41-12-11-29(42)36-32(41)44/h3-6,18,24-27,35H,7-17,19-21H2,1-2H3,(H,36,42,44)/t24-,25+,26?,27?/m0/s1. The van der Waals surface area contributed by atoms with Crippen molar-refractivity contribution in [3.8, 4) is 0 Å². The van der Waals surface area contributed by atoms with Crippen LogP contribution in [0.25, 0.3) is 0 Å². The van der Waals surface area contributed by atoms with Gasteiger partial charge in [-0.3, -0.25) is 24.7 Å². The third-order valence-electron chi connectivity index (χ3n) is 10.0. The summed E-state index contributed by atoms with van der Waals surface area (Å²) in [6.07, 6.45) is 7.42. The van der Waals surface area contributed by atoms with Crippen molar-refractivity contribution in [2.24, 2.45) is 7.05 Å². The molecule has 0 radical (unpaired) electrons. The summed E-state index contributed by atoms with van der Waals surface area (Å²) >= 11 is 3.45. The number of anilines is 1. The number of aromatic nitrogens is 2. The molecular formula is C32H45BrN8O3. The molecular weight excluding hydrogens is 624 g/mol. The van der Waals surface area contributed by atoms with Gasteiger partial charge >= 0.3 is 6.03 Å². The van der Waals surface area contributed by atoms with Gasteiger partial charge in [-0.1, -0.05) is 24.3 Å². The lowest BCUT2D eigenvalue weighted by Crippen LogP contribution is -2.56. The summed E-state index contributed by atoms with van der Waals surface area (Å²) in [6, 6.07) is 10.1. The van der Waals surface area contributed by atoms with Crippen molar-refractivity contribution in [2.45, 2.75) is 69.1 Å². The molecule has 238 valence electrons. The minimum Gasteiger partial charge on any atom is -0.379 e.